The molecule has 2 saturated heterocycles. The summed E-state index contributed by atoms with van der Waals surface area (Å²) in [7, 11) is 0. The number of carbonyl (C=O) groups is 2. The number of ketones is 2. The van der Waals surface area contributed by atoms with Gasteiger partial charge in [0.25, 0.3) is 5.69 Å². The molecule has 2 aliphatic rings. The maximum atomic E-state index is 12.7. The van der Waals surface area contributed by atoms with Crippen LogP contribution in [0.25, 0.3) is 0 Å². The zero-order valence-electron chi connectivity index (χ0n) is 15.4. The zero-order chi connectivity index (χ0) is 20.3. The number of thioether (sulfide) groups is 4. The van der Waals surface area contributed by atoms with Gasteiger partial charge in [-0.25, -0.2) is 0 Å². The SMILES string of the molecule is CC(=O)C(=C1SCCS1)C(C(C(C)=O)=C1SCCS1)c1cccc([N+](=O)[O-])c1. The molecule has 0 bridgehead atoms. The fraction of sp³-hybridized carbons (Fsp3) is 0.368. The lowest BCUT2D eigenvalue weighted by atomic mass is 9.82. The minimum atomic E-state index is -0.587. The minimum absolute atomic E-state index is 0.0400. The number of benzene rings is 1. The third-order valence-corrected chi connectivity index (χ3v) is 9.78. The van der Waals surface area contributed by atoms with Crippen molar-refractivity contribution in [2.24, 2.45) is 0 Å². The Kier molecular flexibility index (Phi) is 7.36. The van der Waals surface area contributed by atoms with E-state index in [4.69, 9.17) is 0 Å². The van der Waals surface area contributed by atoms with Crippen LogP contribution in [-0.2, 0) is 9.59 Å². The maximum Gasteiger partial charge on any atom is 0.269 e. The van der Waals surface area contributed by atoms with Gasteiger partial charge >= 0.3 is 0 Å². The average molecular weight is 454 g/mol. The van der Waals surface area contributed by atoms with Gasteiger partial charge < -0.3 is 0 Å². The van der Waals surface area contributed by atoms with E-state index in [1.807, 2.05) is 0 Å². The predicted octanol–water partition coefficient (Wildman–Crippen LogP) is 5.24. The molecule has 0 spiro atoms. The molecular formula is C19H19NO4S4. The van der Waals surface area contributed by atoms with Gasteiger partial charge in [-0.05, 0) is 19.4 Å². The van der Waals surface area contributed by atoms with Crippen molar-refractivity contribution < 1.29 is 14.5 Å². The van der Waals surface area contributed by atoms with Crippen molar-refractivity contribution in [2.75, 3.05) is 23.0 Å². The lowest BCUT2D eigenvalue weighted by molar-refractivity contribution is -0.384. The molecule has 1 aromatic carbocycles. The molecule has 0 saturated carbocycles. The molecular weight excluding hydrogens is 434 g/mol. The van der Waals surface area contributed by atoms with E-state index >= 15 is 0 Å². The first kappa shape index (κ1) is 21.5. The Balaban J connectivity index is 2.27. The van der Waals surface area contributed by atoms with Crippen molar-refractivity contribution >= 4 is 64.3 Å². The van der Waals surface area contributed by atoms with Crippen LogP contribution >= 0.6 is 47.0 Å². The molecule has 5 nitrogen and oxygen atoms in total. The first-order chi connectivity index (χ1) is 13.4. The van der Waals surface area contributed by atoms with Crippen molar-refractivity contribution in [1.29, 1.82) is 0 Å². The van der Waals surface area contributed by atoms with Gasteiger partial charge in [-0.2, -0.15) is 0 Å². The molecule has 2 aliphatic heterocycles. The largest absolute Gasteiger partial charge is 0.295 e. The van der Waals surface area contributed by atoms with Crippen LogP contribution in [0, 0.1) is 10.1 Å². The van der Waals surface area contributed by atoms with Crippen LogP contribution < -0.4 is 0 Å². The number of allylic oxidation sites excluding steroid dienone is 2. The van der Waals surface area contributed by atoms with Crippen LogP contribution in [0.5, 0.6) is 0 Å². The summed E-state index contributed by atoms with van der Waals surface area (Å²) in [6.45, 7) is 3.03. The summed E-state index contributed by atoms with van der Waals surface area (Å²) in [5.74, 6) is 2.86. The quantitative estimate of drug-likeness (QED) is 0.329. The number of nitro groups is 1. The van der Waals surface area contributed by atoms with E-state index in [1.54, 1.807) is 59.2 Å². The first-order valence-corrected chi connectivity index (χ1v) is 12.6. The second-order valence-electron chi connectivity index (χ2n) is 6.19. The number of non-ortho nitro benzene ring substituents is 1. The molecule has 2 fully saturated rings. The number of carbonyl (C=O) groups excluding carboxylic acids is 2. The predicted molar refractivity (Wildman–Crippen MR) is 121 cm³/mol. The molecule has 0 N–H and O–H groups in total. The van der Waals surface area contributed by atoms with E-state index in [1.165, 1.54) is 26.0 Å². The Hall–Kier alpha value is -1.16. The number of nitro benzene ring substituents is 1. The van der Waals surface area contributed by atoms with Crippen LogP contribution in [0.2, 0.25) is 0 Å². The number of rotatable bonds is 6. The Morgan fingerprint density at radius 1 is 0.929 bits per heavy atom. The summed E-state index contributed by atoms with van der Waals surface area (Å²) in [6.07, 6.45) is 0. The average Bonchev–Trinajstić information content (AvgIpc) is 3.35. The van der Waals surface area contributed by atoms with E-state index in [0.717, 1.165) is 31.5 Å². The summed E-state index contributed by atoms with van der Waals surface area (Å²) in [5.41, 5.74) is 1.74. The Morgan fingerprint density at radius 3 is 1.79 bits per heavy atom. The van der Waals surface area contributed by atoms with E-state index in [9.17, 15) is 19.7 Å². The van der Waals surface area contributed by atoms with Crippen LogP contribution in [0.4, 0.5) is 5.69 Å². The van der Waals surface area contributed by atoms with Crippen LogP contribution in [0.3, 0.4) is 0 Å². The normalized spacial score (nSPS) is 16.5. The van der Waals surface area contributed by atoms with Crippen LogP contribution in [-0.4, -0.2) is 39.5 Å². The molecule has 28 heavy (non-hydrogen) atoms. The van der Waals surface area contributed by atoms with E-state index in [2.05, 4.69) is 0 Å². The van der Waals surface area contributed by atoms with Gasteiger partial charge in [0.05, 0.1) is 4.92 Å². The Morgan fingerprint density at radius 2 is 1.39 bits per heavy atom. The van der Waals surface area contributed by atoms with Gasteiger partial charge in [0.2, 0.25) is 0 Å². The fourth-order valence-corrected chi connectivity index (χ4v) is 8.57. The number of hydrogen-bond donors (Lipinski definition) is 0. The van der Waals surface area contributed by atoms with E-state index < -0.39 is 10.8 Å². The summed E-state index contributed by atoms with van der Waals surface area (Å²) in [5, 5.41) is 11.3. The summed E-state index contributed by atoms with van der Waals surface area (Å²) in [4.78, 5) is 36.4. The fourth-order valence-electron chi connectivity index (χ4n) is 3.16. The lowest BCUT2D eigenvalue weighted by Crippen LogP contribution is -2.18. The van der Waals surface area contributed by atoms with Gasteiger partial charge in [0, 0.05) is 60.7 Å². The molecule has 2 heterocycles. The molecule has 3 rings (SSSR count). The molecule has 1 aromatic rings. The molecule has 148 valence electrons. The smallest absolute Gasteiger partial charge is 0.269 e. The lowest BCUT2D eigenvalue weighted by Gasteiger charge is -2.24. The highest BCUT2D eigenvalue weighted by molar-refractivity contribution is 8.25. The summed E-state index contributed by atoms with van der Waals surface area (Å²) >= 11 is 6.50. The Labute approximate surface area is 180 Å². The van der Waals surface area contributed by atoms with Crippen molar-refractivity contribution in [2.45, 2.75) is 19.8 Å². The maximum absolute atomic E-state index is 12.7. The van der Waals surface area contributed by atoms with Crippen molar-refractivity contribution in [1.82, 2.24) is 0 Å². The molecule has 9 heteroatoms. The number of hydrogen-bond acceptors (Lipinski definition) is 8. The second-order valence-corrected chi connectivity index (χ2v) is 11.1. The van der Waals surface area contributed by atoms with Gasteiger partial charge in [-0.1, -0.05) is 12.1 Å². The summed E-state index contributed by atoms with van der Waals surface area (Å²) in [6, 6.07) is 6.32. The third kappa shape index (κ3) is 4.69. The highest BCUT2D eigenvalue weighted by Crippen LogP contribution is 2.50. The number of nitrogens with zero attached hydrogens (tertiary/aromatic N) is 1. The van der Waals surface area contributed by atoms with Gasteiger partial charge in [0.1, 0.15) is 0 Å². The highest BCUT2D eigenvalue weighted by Gasteiger charge is 2.34. The molecule has 0 atom stereocenters. The van der Waals surface area contributed by atoms with Gasteiger partial charge in [0.15, 0.2) is 11.6 Å². The van der Waals surface area contributed by atoms with Crippen molar-refractivity contribution in [3.63, 3.8) is 0 Å². The molecule has 0 aliphatic carbocycles. The molecule has 0 amide bonds. The minimum Gasteiger partial charge on any atom is -0.295 e. The van der Waals surface area contributed by atoms with Gasteiger partial charge in [-0.15, -0.1) is 47.0 Å². The van der Waals surface area contributed by atoms with Crippen molar-refractivity contribution in [3.8, 4) is 0 Å². The monoisotopic (exact) mass is 453 g/mol. The summed E-state index contributed by atoms with van der Waals surface area (Å²) < 4.78 is 1.85. The number of Topliss-reactive ketones (excluding diaryl/α,β-unsaturated/α-hetero) is 2. The Bertz CT molecular complexity index is 834. The molecule has 0 unspecified atom stereocenters. The zero-order valence-corrected chi connectivity index (χ0v) is 18.7. The molecule has 0 radical (unpaired) electrons. The van der Waals surface area contributed by atoms with E-state index in [-0.39, 0.29) is 17.3 Å². The van der Waals surface area contributed by atoms with Crippen molar-refractivity contribution in [3.05, 3.63) is 59.6 Å². The van der Waals surface area contributed by atoms with E-state index in [0.29, 0.717) is 16.7 Å². The van der Waals surface area contributed by atoms with Crippen LogP contribution in [0.15, 0.2) is 43.9 Å². The molecule has 0 aromatic heterocycles. The topological polar surface area (TPSA) is 77.3 Å². The third-order valence-electron chi connectivity index (χ3n) is 4.29. The highest BCUT2D eigenvalue weighted by atomic mass is 32.2. The van der Waals surface area contributed by atoms with Crippen LogP contribution in [0.1, 0.15) is 25.3 Å². The standard InChI is InChI=1S/C19H19NO4S4/c1-11(21)15(18-25-6-7-26-18)17(13-4-3-5-14(10-13)20(23)24)16(12(2)22)19-27-8-9-28-19/h3-5,10,17H,6-9H2,1-2H3. The first-order valence-electron chi connectivity index (χ1n) is 8.66. The van der Waals surface area contributed by atoms with Gasteiger partial charge in [-0.3, -0.25) is 19.7 Å². The second kappa shape index (κ2) is 9.56.